The highest BCUT2D eigenvalue weighted by molar-refractivity contribution is 5.86. The summed E-state index contributed by atoms with van der Waals surface area (Å²) in [5.74, 6) is 2.13. The highest BCUT2D eigenvalue weighted by atomic mass is 16.5. The summed E-state index contributed by atoms with van der Waals surface area (Å²) < 4.78 is 13.3. The summed E-state index contributed by atoms with van der Waals surface area (Å²) in [5.41, 5.74) is 10.0. The molecule has 0 amide bonds. The van der Waals surface area contributed by atoms with Crippen molar-refractivity contribution in [3.05, 3.63) is 29.7 Å². The number of likely N-dealkylation sites (tertiary alicyclic amines) is 1. The molecule has 3 aromatic rings. The fourth-order valence-corrected chi connectivity index (χ4v) is 7.42. The molecular weight excluding hydrogens is 532 g/mol. The highest BCUT2D eigenvalue weighted by Crippen LogP contribution is 2.57. The van der Waals surface area contributed by atoms with E-state index >= 15 is 0 Å². The van der Waals surface area contributed by atoms with E-state index in [-0.39, 0.29) is 18.6 Å². The predicted octanol–water partition coefficient (Wildman–Crippen LogP) is 3.96. The predicted molar refractivity (Wildman–Crippen MR) is 163 cm³/mol. The van der Waals surface area contributed by atoms with Gasteiger partial charge in [-0.25, -0.2) is 4.98 Å². The molecule has 3 fully saturated rings. The number of anilines is 2. The van der Waals surface area contributed by atoms with E-state index in [0.29, 0.717) is 41.7 Å². The Labute approximate surface area is 248 Å². The number of nitrogens with one attached hydrogen (secondary N) is 1. The molecule has 0 bridgehead atoms. The lowest BCUT2D eigenvalue weighted by atomic mass is 9.56. The molecule has 1 saturated carbocycles. The summed E-state index contributed by atoms with van der Waals surface area (Å²) in [4.78, 5) is 16.5. The normalized spacial score (nSPS) is 20.5. The van der Waals surface area contributed by atoms with Crippen molar-refractivity contribution in [1.29, 1.82) is 0 Å². The maximum Gasteiger partial charge on any atom is 0.222 e. The maximum atomic E-state index is 9.55. The number of methoxy groups -OCH3 is 1. The van der Waals surface area contributed by atoms with Gasteiger partial charge in [-0.2, -0.15) is 10.1 Å². The standard InChI is InChI=1S/C31H46N8O3/c1-3-4-23(5-12-40)35-29-28-25(36-30(32)37-29)19-34-39(28)20-26-27(41-2)15-21(18-33-26)22-16-31(17-22)8-10-38(11-9-31)24-6-13-42-14-7-24/h15,18-19,22-24,40H,3-14,16-17,20H2,1-2H3,(H3,32,35,36,37)/t23-/m0/s1. The van der Waals surface area contributed by atoms with E-state index in [1.54, 1.807) is 13.3 Å². The quantitative estimate of drug-likeness (QED) is 0.307. The molecule has 2 saturated heterocycles. The summed E-state index contributed by atoms with van der Waals surface area (Å²) in [5, 5.41) is 17.6. The van der Waals surface area contributed by atoms with Crippen LogP contribution in [0, 0.1) is 5.41 Å². The average molecular weight is 579 g/mol. The number of aromatic nitrogens is 5. The van der Waals surface area contributed by atoms with Gasteiger partial charge in [0.05, 0.1) is 19.9 Å². The maximum absolute atomic E-state index is 9.55. The van der Waals surface area contributed by atoms with Gasteiger partial charge in [0.1, 0.15) is 22.5 Å². The molecular formula is C31H46N8O3. The second kappa shape index (κ2) is 12.7. The fraction of sp³-hybridized carbons (Fsp3) is 0.677. The summed E-state index contributed by atoms with van der Waals surface area (Å²) >= 11 is 0. The third-order valence-electron chi connectivity index (χ3n) is 9.83. The number of nitrogen functional groups attached to an aromatic ring is 1. The number of nitrogens with zero attached hydrogens (tertiary/aromatic N) is 6. The van der Waals surface area contributed by atoms with Gasteiger partial charge in [-0.15, -0.1) is 0 Å². The molecule has 3 aromatic heterocycles. The molecule has 2 aliphatic heterocycles. The van der Waals surface area contributed by atoms with Gasteiger partial charge in [-0.1, -0.05) is 13.3 Å². The number of nitrogens with two attached hydrogens (primary N) is 1. The van der Waals surface area contributed by atoms with Gasteiger partial charge in [-0.3, -0.25) is 9.67 Å². The van der Waals surface area contributed by atoms with Crippen LogP contribution in [0.2, 0.25) is 0 Å². The minimum absolute atomic E-state index is 0.0765. The van der Waals surface area contributed by atoms with Crippen LogP contribution in [0.1, 0.15) is 81.9 Å². The number of pyridine rings is 1. The summed E-state index contributed by atoms with van der Waals surface area (Å²) in [6, 6.07) is 2.97. The van der Waals surface area contributed by atoms with E-state index in [1.807, 2.05) is 10.9 Å². The monoisotopic (exact) mass is 578 g/mol. The molecule has 1 spiro atoms. The van der Waals surface area contributed by atoms with Gasteiger partial charge < -0.3 is 30.5 Å². The van der Waals surface area contributed by atoms with Crippen LogP contribution in [0.5, 0.6) is 5.75 Å². The lowest BCUT2D eigenvalue weighted by Gasteiger charge is -2.53. The van der Waals surface area contributed by atoms with Crippen LogP contribution in [0.4, 0.5) is 11.8 Å². The number of hydrogen-bond acceptors (Lipinski definition) is 10. The third kappa shape index (κ3) is 6.05. The van der Waals surface area contributed by atoms with Gasteiger partial charge in [0.15, 0.2) is 5.82 Å². The van der Waals surface area contributed by atoms with Gasteiger partial charge in [0, 0.05) is 38.1 Å². The van der Waals surface area contributed by atoms with Crippen molar-refractivity contribution in [2.45, 2.75) is 89.3 Å². The van der Waals surface area contributed by atoms with Crippen molar-refractivity contribution in [1.82, 2.24) is 29.6 Å². The Bertz CT molecular complexity index is 1340. The Hall–Kier alpha value is -3.02. The van der Waals surface area contributed by atoms with Gasteiger partial charge in [-0.05, 0) is 87.4 Å². The second-order valence-electron chi connectivity index (χ2n) is 12.5. The molecule has 6 rings (SSSR count). The topological polar surface area (TPSA) is 136 Å². The first kappa shape index (κ1) is 29.1. The molecule has 5 heterocycles. The van der Waals surface area contributed by atoms with E-state index in [9.17, 15) is 5.11 Å². The molecule has 42 heavy (non-hydrogen) atoms. The summed E-state index contributed by atoms with van der Waals surface area (Å²) in [6.45, 7) is 6.93. The van der Waals surface area contributed by atoms with E-state index in [0.717, 1.165) is 43.0 Å². The fourth-order valence-electron chi connectivity index (χ4n) is 7.42. The van der Waals surface area contributed by atoms with Crippen molar-refractivity contribution in [3.63, 3.8) is 0 Å². The first-order valence-corrected chi connectivity index (χ1v) is 15.7. The molecule has 0 aromatic carbocycles. The Morgan fingerprint density at radius 2 is 1.95 bits per heavy atom. The SMILES string of the molecule is CCC[C@@H](CCO)Nc1nc(N)nc2cnn(Cc3ncc(C4CC5(CCN(C6CCOCC6)CC5)C4)cc3OC)c12. The lowest BCUT2D eigenvalue weighted by molar-refractivity contribution is -0.0259. The van der Waals surface area contributed by atoms with Crippen LogP contribution in [0.15, 0.2) is 18.5 Å². The molecule has 1 aliphatic carbocycles. The van der Waals surface area contributed by atoms with Crippen LogP contribution in [-0.2, 0) is 11.3 Å². The smallest absolute Gasteiger partial charge is 0.222 e. The number of hydrogen-bond donors (Lipinski definition) is 3. The number of fused-ring (bicyclic) bond motifs is 1. The zero-order chi connectivity index (χ0) is 29.1. The minimum atomic E-state index is 0.0765. The van der Waals surface area contributed by atoms with E-state index in [4.69, 9.17) is 20.2 Å². The highest BCUT2D eigenvalue weighted by Gasteiger charge is 2.47. The Kier molecular flexibility index (Phi) is 8.78. The molecule has 1 atom stereocenters. The Balaban J connectivity index is 1.14. The van der Waals surface area contributed by atoms with Crippen LogP contribution < -0.4 is 15.8 Å². The number of aliphatic hydroxyl groups excluding tert-OH is 1. The van der Waals surface area contributed by atoms with Crippen LogP contribution >= 0.6 is 0 Å². The largest absolute Gasteiger partial charge is 0.495 e. The minimum Gasteiger partial charge on any atom is -0.495 e. The molecule has 4 N–H and O–H groups in total. The molecule has 3 aliphatic rings. The van der Waals surface area contributed by atoms with E-state index < -0.39 is 0 Å². The number of piperidine rings is 1. The zero-order valence-electron chi connectivity index (χ0n) is 25.1. The molecule has 0 unspecified atom stereocenters. The number of aliphatic hydroxyl groups is 1. The first-order valence-electron chi connectivity index (χ1n) is 15.7. The van der Waals surface area contributed by atoms with Crippen molar-refractivity contribution in [2.75, 3.05) is 51.1 Å². The number of ether oxygens (including phenoxy) is 2. The van der Waals surface area contributed by atoms with Gasteiger partial charge in [0.2, 0.25) is 5.95 Å². The molecule has 228 valence electrons. The van der Waals surface area contributed by atoms with Crippen molar-refractivity contribution in [3.8, 4) is 5.75 Å². The first-order chi connectivity index (χ1) is 20.5. The van der Waals surface area contributed by atoms with Crippen molar-refractivity contribution < 1.29 is 14.6 Å². The average Bonchev–Trinajstić information content (AvgIpc) is 3.39. The van der Waals surface area contributed by atoms with Crippen LogP contribution in [-0.4, -0.2) is 86.8 Å². The second-order valence-corrected chi connectivity index (χ2v) is 12.5. The Morgan fingerprint density at radius 3 is 2.67 bits per heavy atom. The lowest BCUT2D eigenvalue weighted by Crippen LogP contribution is -2.50. The van der Waals surface area contributed by atoms with Gasteiger partial charge in [0.25, 0.3) is 0 Å². The van der Waals surface area contributed by atoms with Gasteiger partial charge >= 0.3 is 0 Å². The van der Waals surface area contributed by atoms with Crippen LogP contribution in [0.25, 0.3) is 11.0 Å². The summed E-state index contributed by atoms with van der Waals surface area (Å²) in [7, 11) is 1.71. The van der Waals surface area contributed by atoms with Crippen molar-refractivity contribution in [2.24, 2.45) is 5.41 Å². The third-order valence-corrected chi connectivity index (χ3v) is 9.83. The number of rotatable bonds is 11. The summed E-state index contributed by atoms with van der Waals surface area (Å²) in [6.07, 6.45) is 13.7. The molecule has 0 radical (unpaired) electrons. The van der Waals surface area contributed by atoms with E-state index in [1.165, 1.54) is 57.2 Å². The Morgan fingerprint density at radius 1 is 1.17 bits per heavy atom. The molecule has 11 nitrogen and oxygen atoms in total. The molecule has 11 heteroatoms. The van der Waals surface area contributed by atoms with Crippen LogP contribution in [0.3, 0.4) is 0 Å². The van der Waals surface area contributed by atoms with Crippen molar-refractivity contribution >= 4 is 22.8 Å². The van der Waals surface area contributed by atoms with E-state index in [2.05, 4.69) is 38.3 Å². The zero-order valence-corrected chi connectivity index (χ0v) is 25.1.